The lowest BCUT2D eigenvalue weighted by atomic mass is 10.1. The van der Waals surface area contributed by atoms with Crippen molar-refractivity contribution in [2.45, 2.75) is 19.0 Å². The van der Waals surface area contributed by atoms with Gasteiger partial charge in [0.25, 0.3) is 5.91 Å². The second kappa shape index (κ2) is 12.7. The van der Waals surface area contributed by atoms with E-state index in [9.17, 15) is 23.1 Å². The predicted octanol–water partition coefficient (Wildman–Crippen LogP) is 7.01. The van der Waals surface area contributed by atoms with E-state index in [0.29, 0.717) is 30.0 Å². The maximum absolute atomic E-state index is 13.1. The number of nitrogens with zero attached hydrogens (tertiary/aromatic N) is 2. The van der Waals surface area contributed by atoms with Crippen LogP contribution in [0.2, 0.25) is 5.02 Å². The van der Waals surface area contributed by atoms with Crippen LogP contribution in [-0.4, -0.2) is 36.2 Å². The van der Waals surface area contributed by atoms with Gasteiger partial charge in [-0.25, -0.2) is 0 Å². The maximum Gasteiger partial charge on any atom is 0.416 e. The SMILES string of the molecule is CN(CCc1ccccn1)c1ccc(NC(=O)c2cc(Cl)ccc2O)c(OCCc2cccc(C(F)(F)F)c2)c1. The van der Waals surface area contributed by atoms with Crippen molar-refractivity contribution < 1.29 is 27.8 Å². The van der Waals surface area contributed by atoms with E-state index in [0.717, 1.165) is 23.5 Å². The number of hydrogen-bond acceptors (Lipinski definition) is 5. The molecule has 1 aromatic heterocycles. The minimum Gasteiger partial charge on any atom is -0.507 e. The quantitative estimate of drug-likeness (QED) is 0.215. The average Bonchev–Trinajstić information content (AvgIpc) is 2.94. The smallest absolute Gasteiger partial charge is 0.416 e. The molecule has 3 aromatic carbocycles. The Balaban J connectivity index is 1.53. The average molecular weight is 570 g/mol. The van der Waals surface area contributed by atoms with Gasteiger partial charge >= 0.3 is 6.18 Å². The molecule has 40 heavy (non-hydrogen) atoms. The Labute approximate surface area is 235 Å². The minimum atomic E-state index is -4.44. The molecular weight excluding hydrogens is 543 g/mol. The molecule has 208 valence electrons. The number of ether oxygens (including phenoxy) is 1. The van der Waals surface area contributed by atoms with Crippen LogP contribution in [0.5, 0.6) is 11.5 Å². The molecule has 0 saturated carbocycles. The lowest BCUT2D eigenvalue weighted by Gasteiger charge is -2.22. The fourth-order valence-corrected chi connectivity index (χ4v) is 4.16. The minimum absolute atomic E-state index is 0.0148. The molecule has 0 radical (unpaired) electrons. The first-order valence-electron chi connectivity index (χ1n) is 12.4. The third kappa shape index (κ3) is 7.66. The number of alkyl halides is 3. The lowest BCUT2D eigenvalue weighted by Crippen LogP contribution is -2.21. The van der Waals surface area contributed by atoms with Gasteiger partial charge in [0.05, 0.1) is 23.4 Å². The normalized spacial score (nSPS) is 11.2. The molecule has 0 saturated heterocycles. The van der Waals surface area contributed by atoms with E-state index < -0.39 is 17.6 Å². The largest absolute Gasteiger partial charge is 0.507 e. The van der Waals surface area contributed by atoms with Crippen LogP contribution in [0, 0.1) is 0 Å². The summed E-state index contributed by atoms with van der Waals surface area (Å²) in [6.07, 6.45) is -1.78. The number of pyridine rings is 1. The van der Waals surface area contributed by atoms with Gasteiger partial charge in [-0.3, -0.25) is 9.78 Å². The van der Waals surface area contributed by atoms with Crippen molar-refractivity contribution in [3.8, 4) is 11.5 Å². The summed E-state index contributed by atoms with van der Waals surface area (Å²) in [4.78, 5) is 19.3. The highest BCUT2D eigenvalue weighted by Gasteiger charge is 2.30. The standard InChI is InChI=1S/C30H27ClF3N3O3/c1-37(15-12-23-7-2-3-14-35-23)24-9-10-26(36-29(39)25-18-22(31)8-11-27(25)38)28(19-24)40-16-13-20-5-4-6-21(17-20)30(32,33)34/h2-11,14,17-19,38H,12-13,15-16H2,1H3,(H,36,39). The number of halogens is 4. The molecule has 0 spiro atoms. The van der Waals surface area contributed by atoms with E-state index in [2.05, 4.69) is 10.3 Å². The first kappa shape index (κ1) is 28.8. The fraction of sp³-hybridized carbons (Fsp3) is 0.200. The van der Waals surface area contributed by atoms with Crippen molar-refractivity contribution in [1.82, 2.24) is 4.98 Å². The number of phenolic OH excluding ortho intramolecular Hbond substituents is 1. The van der Waals surface area contributed by atoms with Crippen molar-refractivity contribution in [3.05, 3.63) is 112 Å². The zero-order chi connectivity index (χ0) is 28.7. The van der Waals surface area contributed by atoms with Crippen LogP contribution in [0.3, 0.4) is 0 Å². The Kier molecular flexibility index (Phi) is 9.16. The van der Waals surface area contributed by atoms with Crippen LogP contribution < -0.4 is 15.0 Å². The van der Waals surface area contributed by atoms with Gasteiger partial charge in [-0.1, -0.05) is 35.9 Å². The maximum atomic E-state index is 13.1. The van der Waals surface area contributed by atoms with Gasteiger partial charge in [-0.2, -0.15) is 13.2 Å². The monoisotopic (exact) mass is 569 g/mol. The van der Waals surface area contributed by atoms with Crippen LogP contribution in [0.1, 0.15) is 27.2 Å². The van der Waals surface area contributed by atoms with Crippen molar-refractivity contribution >= 4 is 28.9 Å². The van der Waals surface area contributed by atoms with Crippen LogP contribution in [0.4, 0.5) is 24.5 Å². The molecule has 1 heterocycles. The zero-order valence-electron chi connectivity index (χ0n) is 21.6. The number of anilines is 2. The highest BCUT2D eigenvalue weighted by molar-refractivity contribution is 6.31. The van der Waals surface area contributed by atoms with Crippen LogP contribution >= 0.6 is 11.6 Å². The fourth-order valence-electron chi connectivity index (χ4n) is 3.99. The summed E-state index contributed by atoms with van der Waals surface area (Å²) in [7, 11) is 1.91. The summed E-state index contributed by atoms with van der Waals surface area (Å²) >= 11 is 5.99. The van der Waals surface area contributed by atoms with E-state index in [-0.39, 0.29) is 29.4 Å². The molecule has 0 fully saturated rings. The summed E-state index contributed by atoms with van der Waals surface area (Å²) in [5.41, 5.74) is 1.80. The number of carbonyl (C=O) groups is 1. The van der Waals surface area contributed by atoms with Gasteiger partial charge in [-0.05, 0) is 54.1 Å². The number of aromatic hydroxyl groups is 1. The van der Waals surface area contributed by atoms with Crippen molar-refractivity contribution in [3.63, 3.8) is 0 Å². The third-order valence-corrected chi connectivity index (χ3v) is 6.42. The van der Waals surface area contributed by atoms with Gasteiger partial charge in [0, 0.05) is 55.1 Å². The molecule has 10 heteroatoms. The van der Waals surface area contributed by atoms with Crippen molar-refractivity contribution in [2.75, 3.05) is 30.4 Å². The van der Waals surface area contributed by atoms with Crippen molar-refractivity contribution in [1.29, 1.82) is 0 Å². The van der Waals surface area contributed by atoms with Gasteiger partial charge in [0.2, 0.25) is 0 Å². The van der Waals surface area contributed by atoms with Gasteiger partial charge in [0.1, 0.15) is 11.5 Å². The summed E-state index contributed by atoms with van der Waals surface area (Å²) in [5, 5.41) is 13.1. The summed E-state index contributed by atoms with van der Waals surface area (Å²) in [6.45, 7) is 0.719. The van der Waals surface area contributed by atoms with Crippen LogP contribution in [0.25, 0.3) is 0 Å². The van der Waals surface area contributed by atoms with E-state index >= 15 is 0 Å². The molecule has 2 N–H and O–H groups in total. The van der Waals surface area contributed by atoms with E-state index in [1.807, 2.05) is 36.2 Å². The molecule has 6 nitrogen and oxygen atoms in total. The number of aromatic nitrogens is 1. The molecule has 0 aliphatic heterocycles. The first-order chi connectivity index (χ1) is 19.1. The Morgan fingerprint density at radius 3 is 2.60 bits per heavy atom. The molecule has 0 aliphatic rings. The summed E-state index contributed by atoms with van der Waals surface area (Å²) in [6, 6.07) is 20.2. The Morgan fingerprint density at radius 2 is 1.85 bits per heavy atom. The second-order valence-corrected chi connectivity index (χ2v) is 9.52. The predicted molar refractivity (Wildman–Crippen MR) is 149 cm³/mol. The molecular formula is C30H27ClF3N3O3. The number of rotatable bonds is 10. The summed E-state index contributed by atoms with van der Waals surface area (Å²) < 4.78 is 45.3. The molecule has 0 unspecified atom stereocenters. The van der Waals surface area contributed by atoms with E-state index in [1.165, 1.54) is 24.3 Å². The number of nitrogens with one attached hydrogen (secondary N) is 1. The zero-order valence-corrected chi connectivity index (χ0v) is 22.3. The molecule has 4 rings (SSSR count). The Bertz CT molecular complexity index is 1470. The number of amides is 1. The van der Waals surface area contributed by atoms with Crippen molar-refractivity contribution in [2.24, 2.45) is 0 Å². The van der Waals surface area contributed by atoms with Gasteiger partial charge in [0.15, 0.2) is 0 Å². The number of benzene rings is 3. The Hall–Kier alpha value is -4.24. The van der Waals surface area contributed by atoms with Gasteiger partial charge < -0.3 is 20.1 Å². The first-order valence-corrected chi connectivity index (χ1v) is 12.8. The Morgan fingerprint density at radius 1 is 1.02 bits per heavy atom. The molecule has 0 bridgehead atoms. The topological polar surface area (TPSA) is 74.7 Å². The lowest BCUT2D eigenvalue weighted by molar-refractivity contribution is -0.137. The highest BCUT2D eigenvalue weighted by atomic mass is 35.5. The van der Waals surface area contributed by atoms with Gasteiger partial charge in [-0.15, -0.1) is 0 Å². The number of phenols is 1. The van der Waals surface area contributed by atoms with E-state index in [4.69, 9.17) is 16.3 Å². The number of carbonyl (C=O) groups excluding carboxylic acids is 1. The molecule has 1 amide bonds. The van der Waals surface area contributed by atoms with Crippen LogP contribution in [-0.2, 0) is 19.0 Å². The summed E-state index contributed by atoms with van der Waals surface area (Å²) in [5.74, 6) is -0.511. The highest BCUT2D eigenvalue weighted by Crippen LogP contribution is 2.32. The van der Waals surface area contributed by atoms with Crippen LogP contribution in [0.15, 0.2) is 85.1 Å². The molecule has 0 aliphatic carbocycles. The number of hydrogen-bond donors (Lipinski definition) is 2. The number of likely N-dealkylation sites (N-methyl/N-ethyl adjacent to an activating group) is 1. The second-order valence-electron chi connectivity index (χ2n) is 9.09. The van der Waals surface area contributed by atoms with E-state index in [1.54, 1.807) is 24.4 Å². The third-order valence-electron chi connectivity index (χ3n) is 6.19. The molecule has 4 aromatic rings. The molecule has 0 atom stereocenters.